The van der Waals surface area contributed by atoms with E-state index in [0.29, 0.717) is 24.2 Å². The Bertz CT molecular complexity index is 656. The minimum absolute atomic E-state index is 0.103. The van der Waals surface area contributed by atoms with Gasteiger partial charge in [-0.1, -0.05) is 41.6 Å². The lowest BCUT2D eigenvalue weighted by Gasteiger charge is -2.09. The van der Waals surface area contributed by atoms with Gasteiger partial charge < -0.3 is 16.3 Å². The van der Waals surface area contributed by atoms with Gasteiger partial charge in [0.1, 0.15) is 5.82 Å². The van der Waals surface area contributed by atoms with E-state index in [4.69, 9.17) is 10.9 Å². The largest absolute Gasteiger partial charge is 0.409 e. The molecule has 0 bridgehead atoms. The van der Waals surface area contributed by atoms with Gasteiger partial charge in [-0.25, -0.2) is 4.39 Å². The Labute approximate surface area is 123 Å². The lowest BCUT2D eigenvalue weighted by atomic mass is 10.1. The highest BCUT2D eigenvalue weighted by Crippen LogP contribution is 2.11. The SMILES string of the molecule is Cc1ccccc1CNCc1ccc(C(N)=NO)cc1F. The molecule has 2 aromatic carbocycles. The van der Waals surface area contributed by atoms with E-state index < -0.39 is 0 Å². The van der Waals surface area contributed by atoms with Crippen LogP contribution in [0.1, 0.15) is 22.3 Å². The van der Waals surface area contributed by atoms with Gasteiger partial charge in [-0.3, -0.25) is 0 Å². The minimum Gasteiger partial charge on any atom is -0.409 e. The lowest BCUT2D eigenvalue weighted by molar-refractivity contribution is 0.318. The molecule has 0 radical (unpaired) electrons. The summed E-state index contributed by atoms with van der Waals surface area (Å²) in [4.78, 5) is 0. The first kappa shape index (κ1) is 15.0. The maximum Gasteiger partial charge on any atom is 0.170 e. The Balaban J connectivity index is 1.99. The van der Waals surface area contributed by atoms with E-state index in [1.165, 1.54) is 17.2 Å². The Morgan fingerprint density at radius 1 is 1.19 bits per heavy atom. The number of oxime groups is 1. The van der Waals surface area contributed by atoms with Crippen LogP contribution >= 0.6 is 0 Å². The van der Waals surface area contributed by atoms with Gasteiger partial charge in [-0.05, 0) is 24.1 Å². The van der Waals surface area contributed by atoms with Crippen molar-refractivity contribution in [2.45, 2.75) is 20.0 Å². The van der Waals surface area contributed by atoms with Crippen molar-refractivity contribution in [1.82, 2.24) is 5.32 Å². The Morgan fingerprint density at radius 3 is 2.57 bits per heavy atom. The first-order valence-electron chi connectivity index (χ1n) is 6.63. The van der Waals surface area contributed by atoms with Gasteiger partial charge in [0.15, 0.2) is 5.84 Å². The van der Waals surface area contributed by atoms with E-state index >= 15 is 0 Å². The van der Waals surface area contributed by atoms with Crippen molar-refractivity contribution in [3.05, 3.63) is 70.5 Å². The highest BCUT2D eigenvalue weighted by molar-refractivity contribution is 5.97. The van der Waals surface area contributed by atoms with Crippen molar-refractivity contribution in [2.75, 3.05) is 0 Å². The molecule has 21 heavy (non-hydrogen) atoms. The summed E-state index contributed by atoms with van der Waals surface area (Å²) in [6.07, 6.45) is 0. The Kier molecular flexibility index (Phi) is 4.90. The van der Waals surface area contributed by atoms with E-state index in [1.54, 1.807) is 12.1 Å². The van der Waals surface area contributed by atoms with Crippen molar-refractivity contribution in [3.63, 3.8) is 0 Å². The number of hydrogen-bond donors (Lipinski definition) is 3. The van der Waals surface area contributed by atoms with Gasteiger partial charge in [-0.2, -0.15) is 0 Å². The van der Waals surface area contributed by atoms with Crippen LogP contribution in [-0.4, -0.2) is 11.0 Å². The molecule has 2 aromatic rings. The molecule has 0 fully saturated rings. The molecule has 0 unspecified atom stereocenters. The van der Waals surface area contributed by atoms with E-state index in [0.717, 1.165) is 0 Å². The fraction of sp³-hybridized carbons (Fsp3) is 0.188. The summed E-state index contributed by atoms with van der Waals surface area (Å²) in [5.74, 6) is -0.482. The van der Waals surface area contributed by atoms with Crippen molar-refractivity contribution in [1.29, 1.82) is 0 Å². The van der Waals surface area contributed by atoms with Gasteiger partial charge in [0.25, 0.3) is 0 Å². The second kappa shape index (κ2) is 6.85. The zero-order valence-electron chi connectivity index (χ0n) is 11.8. The standard InChI is InChI=1S/C16H18FN3O/c1-11-4-2-3-5-13(11)9-19-10-14-7-6-12(8-15(14)17)16(18)20-21/h2-8,19,21H,9-10H2,1H3,(H2,18,20). The van der Waals surface area contributed by atoms with Crippen LogP contribution in [-0.2, 0) is 13.1 Å². The lowest BCUT2D eigenvalue weighted by Crippen LogP contribution is -2.16. The second-order valence-corrected chi connectivity index (χ2v) is 4.82. The highest BCUT2D eigenvalue weighted by Gasteiger charge is 2.06. The molecule has 0 aliphatic carbocycles. The number of nitrogens with zero attached hydrogens (tertiary/aromatic N) is 1. The maximum absolute atomic E-state index is 13.9. The van der Waals surface area contributed by atoms with E-state index in [1.807, 2.05) is 31.2 Å². The normalized spacial score (nSPS) is 11.6. The van der Waals surface area contributed by atoms with Crippen molar-refractivity contribution >= 4 is 5.84 Å². The molecular formula is C16H18FN3O. The van der Waals surface area contributed by atoms with Crippen LogP contribution in [0.25, 0.3) is 0 Å². The van der Waals surface area contributed by atoms with E-state index in [9.17, 15) is 4.39 Å². The number of amidine groups is 1. The van der Waals surface area contributed by atoms with Crippen LogP contribution in [0.2, 0.25) is 0 Å². The van der Waals surface area contributed by atoms with Crippen LogP contribution in [0.3, 0.4) is 0 Å². The summed E-state index contributed by atoms with van der Waals surface area (Å²) in [6.45, 7) is 3.13. The van der Waals surface area contributed by atoms with Crippen LogP contribution in [0, 0.1) is 12.7 Å². The summed E-state index contributed by atoms with van der Waals surface area (Å²) in [6, 6.07) is 12.6. The molecule has 0 spiro atoms. The monoisotopic (exact) mass is 287 g/mol. The molecular weight excluding hydrogens is 269 g/mol. The first-order valence-corrected chi connectivity index (χ1v) is 6.63. The average molecular weight is 287 g/mol. The quantitative estimate of drug-likeness (QED) is 0.342. The summed E-state index contributed by atoms with van der Waals surface area (Å²) >= 11 is 0. The number of aryl methyl sites for hydroxylation is 1. The smallest absolute Gasteiger partial charge is 0.170 e. The van der Waals surface area contributed by atoms with Crippen LogP contribution in [0.4, 0.5) is 4.39 Å². The molecule has 4 N–H and O–H groups in total. The highest BCUT2D eigenvalue weighted by atomic mass is 19.1. The third-order valence-corrected chi connectivity index (χ3v) is 3.35. The predicted octanol–water partition coefficient (Wildman–Crippen LogP) is 2.52. The fourth-order valence-corrected chi connectivity index (χ4v) is 2.05. The topological polar surface area (TPSA) is 70.6 Å². The third kappa shape index (κ3) is 3.79. The Morgan fingerprint density at radius 2 is 1.90 bits per heavy atom. The molecule has 110 valence electrons. The number of halogens is 1. The minimum atomic E-state index is -0.378. The van der Waals surface area contributed by atoms with Crippen LogP contribution < -0.4 is 11.1 Å². The molecule has 0 saturated heterocycles. The second-order valence-electron chi connectivity index (χ2n) is 4.82. The van der Waals surface area contributed by atoms with Crippen LogP contribution in [0.15, 0.2) is 47.6 Å². The Hall–Kier alpha value is -2.40. The number of hydrogen-bond acceptors (Lipinski definition) is 3. The number of nitrogens with two attached hydrogens (primary N) is 1. The number of benzene rings is 2. The fourth-order valence-electron chi connectivity index (χ4n) is 2.05. The molecule has 0 aliphatic heterocycles. The van der Waals surface area contributed by atoms with E-state index in [-0.39, 0.29) is 11.7 Å². The van der Waals surface area contributed by atoms with Gasteiger partial charge in [0.2, 0.25) is 0 Å². The number of rotatable bonds is 5. The predicted molar refractivity (Wildman–Crippen MR) is 80.6 cm³/mol. The molecule has 0 saturated carbocycles. The molecule has 0 heterocycles. The summed E-state index contributed by atoms with van der Waals surface area (Å²) in [5, 5.41) is 14.6. The summed E-state index contributed by atoms with van der Waals surface area (Å²) in [7, 11) is 0. The number of nitrogens with one attached hydrogen (secondary N) is 1. The molecule has 0 aliphatic rings. The molecule has 0 atom stereocenters. The zero-order chi connectivity index (χ0) is 15.2. The van der Waals surface area contributed by atoms with Gasteiger partial charge >= 0.3 is 0 Å². The molecule has 2 rings (SSSR count). The van der Waals surface area contributed by atoms with Crippen LogP contribution in [0.5, 0.6) is 0 Å². The maximum atomic E-state index is 13.9. The summed E-state index contributed by atoms with van der Waals surface area (Å²) in [5.41, 5.74) is 8.71. The zero-order valence-corrected chi connectivity index (χ0v) is 11.8. The molecule has 5 heteroatoms. The van der Waals surface area contributed by atoms with Crippen molar-refractivity contribution < 1.29 is 9.60 Å². The summed E-state index contributed by atoms with van der Waals surface area (Å²) < 4.78 is 13.9. The molecule has 4 nitrogen and oxygen atoms in total. The van der Waals surface area contributed by atoms with E-state index in [2.05, 4.69) is 10.5 Å². The molecule has 0 amide bonds. The van der Waals surface area contributed by atoms with Gasteiger partial charge in [-0.15, -0.1) is 0 Å². The molecule has 0 aromatic heterocycles. The van der Waals surface area contributed by atoms with Crippen molar-refractivity contribution in [3.8, 4) is 0 Å². The average Bonchev–Trinajstić information content (AvgIpc) is 2.50. The first-order chi connectivity index (χ1) is 10.1. The third-order valence-electron chi connectivity index (χ3n) is 3.35. The van der Waals surface area contributed by atoms with Gasteiger partial charge in [0.05, 0.1) is 0 Å². The van der Waals surface area contributed by atoms with Gasteiger partial charge in [0, 0.05) is 24.2 Å². The van der Waals surface area contributed by atoms with Crippen molar-refractivity contribution in [2.24, 2.45) is 10.9 Å².